The second-order valence-corrected chi connectivity index (χ2v) is 3.70. The highest BCUT2D eigenvalue weighted by Crippen LogP contribution is 2.23. The minimum Gasteiger partial charge on any atom is -0.467 e. The van der Waals surface area contributed by atoms with E-state index in [2.05, 4.69) is 10.1 Å². The van der Waals surface area contributed by atoms with E-state index in [0.717, 1.165) is 19.0 Å². The van der Waals surface area contributed by atoms with Crippen molar-refractivity contribution in [3.63, 3.8) is 0 Å². The molecule has 6 heteroatoms. The van der Waals surface area contributed by atoms with Crippen LogP contribution in [-0.2, 0) is 17.9 Å². The number of halogens is 3. The molecule has 0 spiro atoms. The van der Waals surface area contributed by atoms with E-state index in [4.69, 9.17) is 4.42 Å². The molecule has 0 bridgehead atoms. The quantitative estimate of drug-likeness (QED) is 0.844. The van der Waals surface area contributed by atoms with Crippen LogP contribution in [-0.4, -0.2) is 18.8 Å². The van der Waals surface area contributed by atoms with E-state index in [1.165, 1.54) is 6.26 Å². The maximum atomic E-state index is 12.2. The van der Waals surface area contributed by atoms with Crippen LogP contribution in [0.5, 0.6) is 0 Å². The monoisotopic (exact) mass is 251 g/mol. The van der Waals surface area contributed by atoms with Crippen molar-refractivity contribution in [2.24, 2.45) is 0 Å². The molecule has 1 heterocycles. The van der Waals surface area contributed by atoms with Crippen LogP contribution in [0.2, 0.25) is 0 Å². The zero-order chi connectivity index (χ0) is 12.9. The standard InChI is InChI=1S/C11H16F3NO2/c1-3-15-5-9-4-10(17-6-9)7-16-8(2)11(12,13)14/h4,6,8,15H,3,5,7H2,1-2H3. The molecular formula is C11H16F3NO2. The minimum absolute atomic E-state index is 0.174. The van der Waals surface area contributed by atoms with Gasteiger partial charge in [0, 0.05) is 12.1 Å². The summed E-state index contributed by atoms with van der Waals surface area (Å²) in [5.74, 6) is 0.397. The highest BCUT2D eigenvalue weighted by molar-refractivity contribution is 5.12. The largest absolute Gasteiger partial charge is 0.467 e. The van der Waals surface area contributed by atoms with Crippen molar-refractivity contribution in [1.82, 2.24) is 5.32 Å². The molecule has 0 fully saturated rings. The second-order valence-electron chi connectivity index (χ2n) is 3.70. The lowest BCUT2D eigenvalue weighted by molar-refractivity contribution is -0.218. The number of hydrogen-bond donors (Lipinski definition) is 1. The first-order valence-electron chi connectivity index (χ1n) is 5.38. The Hall–Kier alpha value is -1.01. The molecule has 1 aromatic heterocycles. The van der Waals surface area contributed by atoms with Crippen LogP contribution in [0, 0.1) is 0 Å². The van der Waals surface area contributed by atoms with Crippen LogP contribution in [0.3, 0.4) is 0 Å². The summed E-state index contributed by atoms with van der Waals surface area (Å²) in [6, 6.07) is 1.69. The number of alkyl halides is 3. The summed E-state index contributed by atoms with van der Waals surface area (Å²) >= 11 is 0. The number of furan rings is 1. The lowest BCUT2D eigenvalue weighted by atomic mass is 10.3. The molecule has 98 valence electrons. The van der Waals surface area contributed by atoms with E-state index in [-0.39, 0.29) is 6.61 Å². The fourth-order valence-electron chi connectivity index (χ4n) is 1.17. The third-order valence-corrected chi connectivity index (χ3v) is 2.22. The van der Waals surface area contributed by atoms with Gasteiger partial charge in [0.15, 0.2) is 6.10 Å². The van der Waals surface area contributed by atoms with Crippen molar-refractivity contribution in [2.75, 3.05) is 6.54 Å². The molecule has 1 atom stereocenters. The SMILES string of the molecule is CCNCc1coc(COC(C)C(F)(F)F)c1. The molecule has 0 aliphatic heterocycles. The van der Waals surface area contributed by atoms with Gasteiger partial charge in [-0.25, -0.2) is 0 Å². The van der Waals surface area contributed by atoms with Crippen LogP contribution in [0.4, 0.5) is 13.2 Å². The molecule has 0 radical (unpaired) electrons. The maximum absolute atomic E-state index is 12.2. The summed E-state index contributed by atoms with van der Waals surface area (Å²) in [6.07, 6.45) is -4.61. The fourth-order valence-corrected chi connectivity index (χ4v) is 1.17. The van der Waals surface area contributed by atoms with Crippen LogP contribution >= 0.6 is 0 Å². The van der Waals surface area contributed by atoms with E-state index in [9.17, 15) is 13.2 Å². The molecule has 3 nitrogen and oxygen atoms in total. The van der Waals surface area contributed by atoms with Crippen molar-refractivity contribution in [2.45, 2.75) is 39.3 Å². The number of rotatable bonds is 6. The first-order chi connectivity index (χ1) is 7.93. The van der Waals surface area contributed by atoms with Crippen molar-refractivity contribution in [1.29, 1.82) is 0 Å². The molecule has 1 rings (SSSR count). The summed E-state index contributed by atoms with van der Waals surface area (Å²) in [5, 5.41) is 3.09. The Bertz CT molecular complexity index is 336. The minimum atomic E-state index is -4.33. The predicted octanol–water partition coefficient (Wildman–Crippen LogP) is 2.86. The maximum Gasteiger partial charge on any atom is 0.414 e. The average Bonchev–Trinajstić information content (AvgIpc) is 2.69. The highest BCUT2D eigenvalue weighted by atomic mass is 19.4. The van der Waals surface area contributed by atoms with Crippen molar-refractivity contribution < 1.29 is 22.3 Å². The van der Waals surface area contributed by atoms with Crippen LogP contribution in [0.15, 0.2) is 16.7 Å². The number of hydrogen-bond acceptors (Lipinski definition) is 3. The van der Waals surface area contributed by atoms with E-state index in [1.807, 2.05) is 6.92 Å². The lowest BCUT2D eigenvalue weighted by Gasteiger charge is -2.15. The molecule has 0 aromatic carbocycles. The summed E-state index contributed by atoms with van der Waals surface area (Å²) < 4.78 is 46.2. The Labute approximate surface area is 97.9 Å². The van der Waals surface area contributed by atoms with Gasteiger partial charge in [-0.3, -0.25) is 0 Å². The first kappa shape index (κ1) is 14.1. The van der Waals surface area contributed by atoms with E-state index in [0.29, 0.717) is 12.3 Å². The van der Waals surface area contributed by atoms with Crippen molar-refractivity contribution in [3.8, 4) is 0 Å². The molecule has 1 aromatic rings. The van der Waals surface area contributed by atoms with Crippen LogP contribution in [0.25, 0.3) is 0 Å². The molecule has 0 aliphatic rings. The Morgan fingerprint density at radius 1 is 1.47 bits per heavy atom. The highest BCUT2D eigenvalue weighted by Gasteiger charge is 2.36. The van der Waals surface area contributed by atoms with Crippen molar-refractivity contribution in [3.05, 3.63) is 23.7 Å². The van der Waals surface area contributed by atoms with E-state index >= 15 is 0 Å². The molecule has 0 saturated heterocycles. The van der Waals surface area contributed by atoms with Gasteiger partial charge in [0.2, 0.25) is 0 Å². The summed E-state index contributed by atoms with van der Waals surface area (Å²) in [7, 11) is 0. The van der Waals surface area contributed by atoms with Gasteiger partial charge in [-0.2, -0.15) is 13.2 Å². The van der Waals surface area contributed by atoms with Gasteiger partial charge < -0.3 is 14.5 Å². The van der Waals surface area contributed by atoms with Crippen LogP contribution < -0.4 is 5.32 Å². The molecule has 1 N–H and O–H groups in total. The van der Waals surface area contributed by atoms with Gasteiger partial charge in [0.1, 0.15) is 12.4 Å². The molecule has 1 unspecified atom stereocenters. The van der Waals surface area contributed by atoms with Gasteiger partial charge >= 0.3 is 6.18 Å². The zero-order valence-electron chi connectivity index (χ0n) is 9.80. The third kappa shape index (κ3) is 4.79. The Balaban J connectivity index is 2.39. The summed E-state index contributed by atoms with van der Waals surface area (Å²) in [6.45, 7) is 4.22. The van der Waals surface area contributed by atoms with Crippen molar-refractivity contribution >= 4 is 0 Å². The Kier molecular flexibility index (Phi) is 5.02. The number of nitrogens with one attached hydrogen (secondary N) is 1. The third-order valence-electron chi connectivity index (χ3n) is 2.22. The number of ether oxygens (including phenoxy) is 1. The molecule has 17 heavy (non-hydrogen) atoms. The van der Waals surface area contributed by atoms with Gasteiger partial charge in [-0.05, 0) is 19.5 Å². The average molecular weight is 251 g/mol. The molecular weight excluding hydrogens is 235 g/mol. The lowest BCUT2D eigenvalue weighted by Crippen LogP contribution is -2.28. The predicted molar refractivity (Wildman–Crippen MR) is 56.4 cm³/mol. The topological polar surface area (TPSA) is 34.4 Å². The smallest absolute Gasteiger partial charge is 0.414 e. The van der Waals surface area contributed by atoms with Gasteiger partial charge in [0.05, 0.1) is 6.26 Å². The summed E-state index contributed by atoms with van der Waals surface area (Å²) in [4.78, 5) is 0. The molecule has 0 aliphatic carbocycles. The fraction of sp³-hybridized carbons (Fsp3) is 0.636. The zero-order valence-corrected chi connectivity index (χ0v) is 9.80. The molecule has 0 amide bonds. The Morgan fingerprint density at radius 2 is 2.18 bits per heavy atom. The normalized spacial score (nSPS) is 13.9. The van der Waals surface area contributed by atoms with Gasteiger partial charge in [-0.15, -0.1) is 0 Å². The van der Waals surface area contributed by atoms with Gasteiger partial charge in [0.25, 0.3) is 0 Å². The van der Waals surface area contributed by atoms with E-state index < -0.39 is 12.3 Å². The molecule has 0 saturated carbocycles. The Morgan fingerprint density at radius 3 is 2.76 bits per heavy atom. The van der Waals surface area contributed by atoms with Crippen LogP contribution in [0.1, 0.15) is 25.2 Å². The van der Waals surface area contributed by atoms with E-state index in [1.54, 1.807) is 6.07 Å². The first-order valence-corrected chi connectivity index (χ1v) is 5.38. The summed E-state index contributed by atoms with van der Waals surface area (Å²) in [5.41, 5.74) is 0.894. The van der Waals surface area contributed by atoms with Gasteiger partial charge in [-0.1, -0.05) is 6.92 Å². The second kappa shape index (κ2) is 6.07.